The normalized spacial score (nSPS) is 18.6. The lowest BCUT2D eigenvalue weighted by atomic mass is 9.98. The SMILES string of the molecule is CCOC(=O)C1CCCN(C(=O)c2cc3n(n2)CCN(Cc2ccccc2Cl)C3=O)C1. The standard InChI is InChI=1S/C22H25ClN4O4/c1-2-31-22(30)16-7-5-9-25(14-16)20(28)18-12-19-21(29)26(10-11-27(19)24-18)13-15-6-3-4-8-17(15)23/h3-4,6,8,12,16H,2,5,7,9-11,13-14H2,1H3. The number of halogens is 1. The Bertz CT molecular complexity index is 1010. The molecule has 1 saturated heterocycles. The minimum absolute atomic E-state index is 0.180. The lowest BCUT2D eigenvalue weighted by molar-refractivity contribution is -0.149. The number of hydrogen-bond acceptors (Lipinski definition) is 5. The van der Waals surface area contributed by atoms with Crippen LogP contribution in [-0.4, -0.2) is 63.6 Å². The summed E-state index contributed by atoms with van der Waals surface area (Å²) >= 11 is 6.24. The summed E-state index contributed by atoms with van der Waals surface area (Å²) < 4.78 is 6.70. The van der Waals surface area contributed by atoms with Gasteiger partial charge in [0.05, 0.1) is 19.1 Å². The van der Waals surface area contributed by atoms with Gasteiger partial charge in [-0.1, -0.05) is 29.8 Å². The van der Waals surface area contributed by atoms with Gasteiger partial charge in [-0.2, -0.15) is 5.10 Å². The summed E-state index contributed by atoms with van der Waals surface area (Å²) in [4.78, 5) is 41.4. The van der Waals surface area contributed by atoms with E-state index in [1.54, 1.807) is 33.5 Å². The molecule has 31 heavy (non-hydrogen) atoms. The monoisotopic (exact) mass is 444 g/mol. The van der Waals surface area contributed by atoms with E-state index in [1.165, 1.54) is 0 Å². The van der Waals surface area contributed by atoms with Crippen LogP contribution < -0.4 is 0 Å². The van der Waals surface area contributed by atoms with Crippen LogP contribution in [0.5, 0.6) is 0 Å². The van der Waals surface area contributed by atoms with Crippen LogP contribution in [0.1, 0.15) is 46.3 Å². The highest BCUT2D eigenvalue weighted by Crippen LogP contribution is 2.23. The fourth-order valence-corrected chi connectivity index (χ4v) is 4.30. The van der Waals surface area contributed by atoms with Crippen LogP contribution in [-0.2, 0) is 22.6 Å². The Labute approximate surface area is 185 Å². The molecule has 1 unspecified atom stereocenters. The number of carbonyl (C=O) groups is 3. The number of piperidine rings is 1. The first kappa shape index (κ1) is 21.4. The first-order valence-corrected chi connectivity index (χ1v) is 10.9. The molecule has 0 N–H and O–H groups in total. The molecule has 164 valence electrons. The molecule has 4 rings (SSSR count). The Balaban J connectivity index is 1.47. The fourth-order valence-electron chi connectivity index (χ4n) is 4.10. The van der Waals surface area contributed by atoms with Gasteiger partial charge in [0.2, 0.25) is 0 Å². The van der Waals surface area contributed by atoms with Crippen LogP contribution >= 0.6 is 11.6 Å². The average molecular weight is 445 g/mol. The summed E-state index contributed by atoms with van der Waals surface area (Å²) in [5, 5.41) is 4.99. The maximum absolute atomic E-state index is 13.0. The molecule has 0 aliphatic carbocycles. The molecule has 8 nitrogen and oxygen atoms in total. The van der Waals surface area contributed by atoms with Crippen LogP contribution in [0.25, 0.3) is 0 Å². The number of benzene rings is 1. The number of aromatic nitrogens is 2. The van der Waals surface area contributed by atoms with Crippen molar-refractivity contribution in [2.24, 2.45) is 5.92 Å². The van der Waals surface area contributed by atoms with Gasteiger partial charge < -0.3 is 14.5 Å². The molecule has 1 fully saturated rings. The molecule has 1 aromatic heterocycles. The van der Waals surface area contributed by atoms with Crippen molar-refractivity contribution in [2.45, 2.75) is 32.9 Å². The number of esters is 1. The Morgan fingerprint density at radius 1 is 1.23 bits per heavy atom. The maximum atomic E-state index is 13.0. The summed E-state index contributed by atoms with van der Waals surface area (Å²) in [5.41, 5.74) is 1.49. The zero-order valence-corrected chi connectivity index (χ0v) is 18.2. The molecule has 2 aliphatic rings. The van der Waals surface area contributed by atoms with Gasteiger partial charge in [0.1, 0.15) is 5.69 Å². The quantitative estimate of drug-likeness (QED) is 0.662. The smallest absolute Gasteiger partial charge is 0.310 e. The van der Waals surface area contributed by atoms with Crippen molar-refractivity contribution in [3.63, 3.8) is 0 Å². The number of rotatable bonds is 5. The molecular formula is C22H25ClN4O4. The zero-order valence-electron chi connectivity index (χ0n) is 17.4. The number of fused-ring (bicyclic) bond motifs is 1. The van der Waals surface area contributed by atoms with E-state index >= 15 is 0 Å². The number of carbonyl (C=O) groups excluding carboxylic acids is 3. The predicted octanol–water partition coefficient (Wildman–Crippen LogP) is 2.61. The highest BCUT2D eigenvalue weighted by Gasteiger charge is 2.33. The van der Waals surface area contributed by atoms with Gasteiger partial charge >= 0.3 is 5.97 Å². The number of amides is 2. The third kappa shape index (κ3) is 4.44. The molecule has 9 heteroatoms. The summed E-state index contributed by atoms with van der Waals surface area (Å²) in [6.45, 7) is 4.36. The van der Waals surface area contributed by atoms with E-state index in [-0.39, 0.29) is 29.4 Å². The number of hydrogen-bond donors (Lipinski definition) is 0. The van der Waals surface area contributed by atoms with Crippen LogP contribution in [0.15, 0.2) is 30.3 Å². The second kappa shape index (κ2) is 9.09. The van der Waals surface area contributed by atoms with E-state index in [0.717, 1.165) is 12.0 Å². The minimum Gasteiger partial charge on any atom is -0.466 e. The van der Waals surface area contributed by atoms with E-state index in [4.69, 9.17) is 16.3 Å². The molecule has 1 aromatic carbocycles. The molecule has 2 amide bonds. The van der Waals surface area contributed by atoms with Crippen LogP contribution in [0.3, 0.4) is 0 Å². The number of ether oxygens (including phenoxy) is 1. The van der Waals surface area contributed by atoms with Gasteiger partial charge in [0, 0.05) is 37.3 Å². The van der Waals surface area contributed by atoms with Crippen molar-refractivity contribution in [3.8, 4) is 0 Å². The summed E-state index contributed by atoms with van der Waals surface area (Å²) in [6.07, 6.45) is 1.44. The molecule has 2 aromatic rings. The Hall–Kier alpha value is -2.87. The molecule has 2 aliphatic heterocycles. The van der Waals surface area contributed by atoms with Crippen molar-refractivity contribution in [1.29, 1.82) is 0 Å². The Kier molecular flexibility index (Phi) is 6.27. The number of likely N-dealkylation sites (tertiary alicyclic amines) is 1. The molecule has 3 heterocycles. The van der Waals surface area contributed by atoms with Crippen molar-refractivity contribution < 1.29 is 19.1 Å². The fraction of sp³-hybridized carbons (Fsp3) is 0.455. The largest absolute Gasteiger partial charge is 0.466 e. The molecule has 0 saturated carbocycles. The van der Waals surface area contributed by atoms with Crippen molar-refractivity contribution in [2.75, 3.05) is 26.2 Å². The highest BCUT2D eigenvalue weighted by molar-refractivity contribution is 6.31. The second-order valence-electron chi connectivity index (χ2n) is 7.80. The molecule has 0 radical (unpaired) electrons. The second-order valence-corrected chi connectivity index (χ2v) is 8.21. The lowest BCUT2D eigenvalue weighted by Gasteiger charge is -2.31. The first-order valence-electron chi connectivity index (χ1n) is 10.5. The summed E-state index contributed by atoms with van der Waals surface area (Å²) in [6, 6.07) is 8.99. The Morgan fingerprint density at radius 2 is 2.03 bits per heavy atom. The van der Waals surface area contributed by atoms with E-state index in [2.05, 4.69) is 5.10 Å². The van der Waals surface area contributed by atoms with Crippen molar-refractivity contribution in [1.82, 2.24) is 19.6 Å². The van der Waals surface area contributed by atoms with Crippen molar-refractivity contribution in [3.05, 3.63) is 52.3 Å². The lowest BCUT2D eigenvalue weighted by Crippen LogP contribution is -2.43. The van der Waals surface area contributed by atoms with E-state index in [9.17, 15) is 14.4 Å². The first-order chi connectivity index (χ1) is 15.0. The van der Waals surface area contributed by atoms with Gasteiger partial charge in [0.25, 0.3) is 11.8 Å². The van der Waals surface area contributed by atoms with Gasteiger partial charge in [-0.05, 0) is 31.4 Å². The molecule has 0 spiro atoms. The van der Waals surface area contributed by atoms with E-state index in [1.807, 2.05) is 18.2 Å². The van der Waals surface area contributed by atoms with Gasteiger partial charge in [-0.25, -0.2) is 0 Å². The number of nitrogens with zero attached hydrogens (tertiary/aromatic N) is 4. The van der Waals surface area contributed by atoms with Gasteiger partial charge in [-0.3, -0.25) is 19.1 Å². The van der Waals surface area contributed by atoms with Gasteiger partial charge in [-0.15, -0.1) is 0 Å². The summed E-state index contributed by atoms with van der Waals surface area (Å²) in [7, 11) is 0. The van der Waals surface area contributed by atoms with E-state index < -0.39 is 0 Å². The van der Waals surface area contributed by atoms with Crippen LogP contribution in [0, 0.1) is 5.92 Å². The molecule has 1 atom stereocenters. The minimum atomic E-state index is -0.317. The third-order valence-electron chi connectivity index (χ3n) is 5.73. The topological polar surface area (TPSA) is 84.7 Å². The molecular weight excluding hydrogens is 420 g/mol. The zero-order chi connectivity index (χ0) is 22.0. The Morgan fingerprint density at radius 3 is 2.81 bits per heavy atom. The summed E-state index contributed by atoms with van der Waals surface area (Å²) in [5.74, 6) is -1.03. The van der Waals surface area contributed by atoms with Gasteiger partial charge in [0.15, 0.2) is 5.69 Å². The predicted molar refractivity (Wildman–Crippen MR) is 114 cm³/mol. The van der Waals surface area contributed by atoms with E-state index in [0.29, 0.717) is 56.5 Å². The van der Waals surface area contributed by atoms with Crippen molar-refractivity contribution >= 4 is 29.4 Å². The maximum Gasteiger partial charge on any atom is 0.310 e. The van der Waals surface area contributed by atoms with Crippen LogP contribution in [0.4, 0.5) is 0 Å². The van der Waals surface area contributed by atoms with Crippen LogP contribution in [0.2, 0.25) is 5.02 Å². The third-order valence-corrected chi connectivity index (χ3v) is 6.10. The molecule has 0 bridgehead atoms. The highest BCUT2D eigenvalue weighted by atomic mass is 35.5. The average Bonchev–Trinajstić information content (AvgIpc) is 3.22.